The normalized spacial score (nSPS) is 13.8. The predicted molar refractivity (Wildman–Crippen MR) is 63.7 cm³/mol. The quantitative estimate of drug-likeness (QED) is 0.862. The van der Waals surface area contributed by atoms with Crippen LogP contribution in [-0.2, 0) is 11.2 Å². The van der Waals surface area contributed by atoms with Crippen molar-refractivity contribution >= 4 is 0 Å². The maximum absolute atomic E-state index is 13.4. The average molecular weight is 243 g/mol. The monoisotopic (exact) mass is 243 g/mol. The van der Waals surface area contributed by atoms with E-state index in [1.807, 2.05) is 13.8 Å². The zero-order valence-corrected chi connectivity index (χ0v) is 10.5. The first-order chi connectivity index (χ1) is 7.84. The molecular weight excluding hydrogens is 224 g/mol. The molecule has 4 heteroatoms. The van der Waals surface area contributed by atoms with Crippen LogP contribution in [0.25, 0.3) is 0 Å². The van der Waals surface area contributed by atoms with Gasteiger partial charge in [0, 0.05) is 19.2 Å². The van der Waals surface area contributed by atoms with Crippen LogP contribution in [0, 0.1) is 11.6 Å². The van der Waals surface area contributed by atoms with Gasteiger partial charge in [0.2, 0.25) is 0 Å². The molecule has 17 heavy (non-hydrogen) atoms. The summed E-state index contributed by atoms with van der Waals surface area (Å²) in [6, 6.07) is 3.34. The SMILES string of the molecule is COC(C)(C)CC(N)Cc1ccc(F)cc1F. The van der Waals surface area contributed by atoms with Gasteiger partial charge in [-0.25, -0.2) is 8.78 Å². The van der Waals surface area contributed by atoms with Crippen molar-refractivity contribution in [1.29, 1.82) is 0 Å². The molecule has 0 aliphatic heterocycles. The molecule has 0 heterocycles. The molecule has 1 unspecified atom stereocenters. The zero-order valence-electron chi connectivity index (χ0n) is 10.5. The molecule has 0 bridgehead atoms. The molecule has 1 aromatic rings. The first-order valence-electron chi connectivity index (χ1n) is 5.59. The van der Waals surface area contributed by atoms with Crippen LogP contribution in [0.3, 0.4) is 0 Å². The Morgan fingerprint density at radius 2 is 2.00 bits per heavy atom. The minimum absolute atomic E-state index is 0.218. The molecule has 1 rings (SSSR count). The topological polar surface area (TPSA) is 35.2 Å². The van der Waals surface area contributed by atoms with Crippen LogP contribution in [0.15, 0.2) is 18.2 Å². The van der Waals surface area contributed by atoms with E-state index in [2.05, 4.69) is 0 Å². The lowest BCUT2D eigenvalue weighted by Crippen LogP contribution is -2.35. The maximum Gasteiger partial charge on any atom is 0.129 e. The van der Waals surface area contributed by atoms with Gasteiger partial charge in [0.05, 0.1) is 5.60 Å². The van der Waals surface area contributed by atoms with E-state index in [9.17, 15) is 8.78 Å². The third-order valence-electron chi connectivity index (χ3n) is 2.80. The Kier molecular flexibility index (Phi) is 4.60. The highest BCUT2D eigenvalue weighted by Gasteiger charge is 2.21. The number of hydrogen-bond acceptors (Lipinski definition) is 2. The van der Waals surface area contributed by atoms with Crippen LogP contribution in [0.5, 0.6) is 0 Å². The summed E-state index contributed by atoms with van der Waals surface area (Å²) in [6.45, 7) is 3.85. The first kappa shape index (κ1) is 14.1. The van der Waals surface area contributed by atoms with Gasteiger partial charge in [0.25, 0.3) is 0 Å². The maximum atomic E-state index is 13.4. The number of benzene rings is 1. The summed E-state index contributed by atoms with van der Waals surface area (Å²) in [4.78, 5) is 0. The van der Waals surface area contributed by atoms with Crippen molar-refractivity contribution in [2.75, 3.05) is 7.11 Å². The van der Waals surface area contributed by atoms with Crippen molar-refractivity contribution in [3.63, 3.8) is 0 Å². The minimum atomic E-state index is -0.572. The molecule has 2 nitrogen and oxygen atoms in total. The van der Waals surface area contributed by atoms with E-state index in [0.717, 1.165) is 6.07 Å². The summed E-state index contributed by atoms with van der Waals surface area (Å²) < 4.78 is 31.4. The number of hydrogen-bond donors (Lipinski definition) is 1. The Balaban J connectivity index is 2.65. The van der Waals surface area contributed by atoms with Crippen LogP contribution in [-0.4, -0.2) is 18.8 Å². The van der Waals surface area contributed by atoms with Gasteiger partial charge in [0.1, 0.15) is 11.6 Å². The van der Waals surface area contributed by atoms with E-state index in [-0.39, 0.29) is 11.6 Å². The van der Waals surface area contributed by atoms with Crippen molar-refractivity contribution in [2.45, 2.75) is 38.3 Å². The molecule has 0 fully saturated rings. The lowest BCUT2D eigenvalue weighted by Gasteiger charge is -2.26. The molecular formula is C13H19F2NO. The average Bonchev–Trinajstić information content (AvgIpc) is 2.21. The van der Waals surface area contributed by atoms with E-state index in [0.29, 0.717) is 18.4 Å². The Bertz CT molecular complexity index is 380. The largest absolute Gasteiger partial charge is 0.379 e. The Morgan fingerprint density at radius 3 is 2.53 bits per heavy atom. The second-order valence-corrected chi connectivity index (χ2v) is 4.87. The van der Waals surface area contributed by atoms with E-state index < -0.39 is 11.6 Å². The molecule has 0 amide bonds. The molecule has 0 radical (unpaired) electrons. The number of rotatable bonds is 5. The van der Waals surface area contributed by atoms with E-state index in [1.54, 1.807) is 7.11 Å². The predicted octanol–water partition coefficient (Wildman–Crippen LogP) is 2.65. The number of methoxy groups -OCH3 is 1. The fraction of sp³-hybridized carbons (Fsp3) is 0.538. The van der Waals surface area contributed by atoms with Crippen LogP contribution in [0.2, 0.25) is 0 Å². The van der Waals surface area contributed by atoms with Gasteiger partial charge in [-0.05, 0) is 38.3 Å². The zero-order chi connectivity index (χ0) is 13.1. The van der Waals surface area contributed by atoms with Crippen molar-refractivity contribution in [3.8, 4) is 0 Å². The van der Waals surface area contributed by atoms with Gasteiger partial charge in [-0.1, -0.05) is 6.07 Å². The first-order valence-corrected chi connectivity index (χ1v) is 5.59. The third-order valence-corrected chi connectivity index (χ3v) is 2.80. The number of nitrogens with two attached hydrogens (primary N) is 1. The van der Waals surface area contributed by atoms with Crippen molar-refractivity contribution in [3.05, 3.63) is 35.4 Å². The van der Waals surface area contributed by atoms with Gasteiger partial charge in [-0.3, -0.25) is 0 Å². The molecule has 0 aromatic heterocycles. The van der Waals surface area contributed by atoms with E-state index in [4.69, 9.17) is 10.5 Å². The second-order valence-electron chi connectivity index (χ2n) is 4.87. The van der Waals surface area contributed by atoms with Crippen LogP contribution in [0.1, 0.15) is 25.8 Å². The molecule has 2 N–H and O–H groups in total. The van der Waals surface area contributed by atoms with Crippen LogP contribution in [0.4, 0.5) is 8.78 Å². The Labute approximate surface area is 101 Å². The van der Waals surface area contributed by atoms with Gasteiger partial charge in [-0.2, -0.15) is 0 Å². The van der Waals surface area contributed by atoms with Crippen LogP contribution < -0.4 is 5.73 Å². The lowest BCUT2D eigenvalue weighted by atomic mass is 9.94. The fourth-order valence-electron chi connectivity index (χ4n) is 1.76. The molecule has 0 spiro atoms. The molecule has 96 valence electrons. The molecule has 0 aliphatic rings. The fourth-order valence-corrected chi connectivity index (χ4v) is 1.76. The number of ether oxygens (including phenoxy) is 1. The summed E-state index contributed by atoms with van der Waals surface area (Å²) in [7, 11) is 1.62. The molecule has 0 saturated carbocycles. The van der Waals surface area contributed by atoms with Gasteiger partial charge < -0.3 is 10.5 Å². The molecule has 0 aliphatic carbocycles. The van der Waals surface area contributed by atoms with Gasteiger partial charge in [0.15, 0.2) is 0 Å². The standard InChI is InChI=1S/C13H19F2NO/c1-13(2,17-3)8-11(16)6-9-4-5-10(14)7-12(9)15/h4-5,7,11H,6,8,16H2,1-3H3. The van der Waals surface area contributed by atoms with Crippen molar-refractivity contribution in [2.24, 2.45) is 5.73 Å². The molecule has 1 aromatic carbocycles. The second kappa shape index (κ2) is 5.56. The molecule has 0 saturated heterocycles. The summed E-state index contributed by atoms with van der Waals surface area (Å²) in [6.07, 6.45) is 0.985. The molecule has 1 atom stereocenters. The highest BCUT2D eigenvalue weighted by molar-refractivity contribution is 5.19. The summed E-state index contributed by atoms with van der Waals surface area (Å²) in [5, 5.41) is 0. The smallest absolute Gasteiger partial charge is 0.129 e. The Morgan fingerprint density at radius 1 is 1.35 bits per heavy atom. The summed E-state index contributed by atoms with van der Waals surface area (Å²) in [5.74, 6) is -1.12. The van der Waals surface area contributed by atoms with Gasteiger partial charge in [-0.15, -0.1) is 0 Å². The minimum Gasteiger partial charge on any atom is -0.379 e. The van der Waals surface area contributed by atoms with Gasteiger partial charge >= 0.3 is 0 Å². The summed E-state index contributed by atoms with van der Waals surface area (Å²) in [5.41, 5.74) is 6.03. The van der Waals surface area contributed by atoms with E-state index >= 15 is 0 Å². The lowest BCUT2D eigenvalue weighted by molar-refractivity contribution is 0.0101. The van der Waals surface area contributed by atoms with Crippen LogP contribution >= 0.6 is 0 Å². The summed E-state index contributed by atoms with van der Waals surface area (Å²) >= 11 is 0. The van der Waals surface area contributed by atoms with E-state index in [1.165, 1.54) is 12.1 Å². The highest BCUT2D eigenvalue weighted by atomic mass is 19.1. The van der Waals surface area contributed by atoms with Crippen molar-refractivity contribution < 1.29 is 13.5 Å². The van der Waals surface area contributed by atoms with Crippen molar-refractivity contribution in [1.82, 2.24) is 0 Å². The highest BCUT2D eigenvalue weighted by Crippen LogP contribution is 2.18. The number of halogens is 2. The Hall–Kier alpha value is -1.00. The third kappa shape index (κ3) is 4.40.